The number of aromatic nitrogens is 2. The van der Waals surface area contributed by atoms with Crippen molar-refractivity contribution in [3.05, 3.63) is 71.1 Å². The lowest BCUT2D eigenvalue weighted by molar-refractivity contribution is -0.137. The molecule has 4 rings (SSSR count). The van der Waals surface area contributed by atoms with Crippen LogP contribution >= 0.6 is 0 Å². The van der Waals surface area contributed by atoms with E-state index in [1.165, 1.54) is 12.1 Å². The predicted octanol–water partition coefficient (Wildman–Crippen LogP) is 4.96. The molecular weight excluding hydrogens is 381 g/mol. The van der Waals surface area contributed by atoms with Crippen LogP contribution < -0.4 is 0 Å². The van der Waals surface area contributed by atoms with Crippen LogP contribution in [0.15, 0.2) is 52.9 Å². The number of likely N-dealkylation sites (tertiary alicyclic amines) is 1. The molecule has 1 fully saturated rings. The van der Waals surface area contributed by atoms with E-state index in [9.17, 15) is 18.4 Å². The maximum Gasteiger partial charge on any atom is 0.416 e. The van der Waals surface area contributed by atoms with Crippen molar-refractivity contribution in [1.82, 2.24) is 15.1 Å². The van der Waals surface area contributed by atoms with Crippen molar-refractivity contribution in [3.63, 3.8) is 0 Å². The summed E-state index contributed by atoms with van der Waals surface area (Å²) in [6.07, 6.45) is -0.107. The van der Waals surface area contributed by atoms with Crippen molar-refractivity contribution in [2.75, 3.05) is 6.54 Å². The minimum absolute atomic E-state index is 0.205. The Morgan fingerprint density at radius 1 is 1.10 bits per heavy atom. The minimum atomic E-state index is -4.35. The molecule has 0 amide bonds. The van der Waals surface area contributed by atoms with Crippen molar-refractivity contribution in [1.29, 1.82) is 5.26 Å². The number of benzene rings is 2. The Hall–Kier alpha value is -3.34. The van der Waals surface area contributed by atoms with Crippen LogP contribution in [0.4, 0.5) is 13.2 Å². The molecule has 0 saturated carbocycles. The van der Waals surface area contributed by atoms with Gasteiger partial charge in [0.1, 0.15) is 6.04 Å². The Kier molecular flexibility index (Phi) is 4.97. The Labute approximate surface area is 165 Å². The summed E-state index contributed by atoms with van der Waals surface area (Å²) in [6, 6.07) is 12.3. The molecule has 8 heteroatoms. The van der Waals surface area contributed by atoms with E-state index in [1.54, 1.807) is 4.90 Å². The average molecular weight is 398 g/mol. The third kappa shape index (κ3) is 3.94. The van der Waals surface area contributed by atoms with Crippen LogP contribution in [0, 0.1) is 11.5 Å². The van der Waals surface area contributed by atoms with Gasteiger partial charge in [0.05, 0.1) is 5.56 Å². The summed E-state index contributed by atoms with van der Waals surface area (Å²) >= 11 is 0. The third-order valence-electron chi connectivity index (χ3n) is 5.03. The zero-order chi connectivity index (χ0) is 20.4. The van der Waals surface area contributed by atoms with Gasteiger partial charge in [0, 0.05) is 12.1 Å². The Morgan fingerprint density at radius 2 is 1.86 bits per heavy atom. The van der Waals surface area contributed by atoms with E-state index in [4.69, 9.17) is 4.42 Å². The minimum Gasteiger partial charge on any atom is -0.418 e. The van der Waals surface area contributed by atoms with Gasteiger partial charge in [-0.05, 0) is 48.6 Å². The van der Waals surface area contributed by atoms with Gasteiger partial charge in [0.2, 0.25) is 11.8 Å². The molecule has 148 valence electrons. The summed E-state index contributed by atoms with van der Waals surface area (Å²) in [4.78, 5) is 1.63. The summed E-state index contributed by atoms with van der Waals surface area (Å²) in [5.41, 5.74) is 1.67. The van der Waals surface area contributed by atoms with Gasteiger partial charge in [-0.3, -0.25) is 4.90 Å². The molecule has 0 radical (unpaired) electrons. The number of hydrogen-bond acceptors (Lipinski definition) is 5. The molecule has 0 N–H and O–H groups in total. The number of nitrogens with zero attached hydrogens (tertiary/aromatic N) is 4. The van der Waals surface area contributed by atoms with Gasteiger partial charge in [-0.2, -0.15) is 18.4 Å². The fourth-order valence-electron chi connectivity index (χ4n) is 3.54. The zero-order valence-electron chi connectivity index (χ0n) is 15.4. The van der Waals surface area contributed by atoms with Crippen LogP contribution in [0.3, 0.4) is 0 Å². The first-order valence-corrected chi connectivity index (χ1v) is 9.20. The van der Waals surface area contributed by atoms with Crippen LogP contribution in [0.5, 0.6) is 0 Å². The van der Waals surface area contributed by atoms with E-state index in [2.05, 4.69) is 16.4 Å². The van der Waals surface area contributed by atoms with E-state index < -0.39 is 11.7 Å². The normalized spacial score (nSPS) is 16.8. The maximum absolute atomic E-state index is 12.8. The second-order valence-corrected chi connectivity index (χ2v) is 6.93. The molecule has 3 aromatic rings. The summed E-state index contributed by atoms with van der Waals surface area (Å²) in [5.74, 6) is 0.746. The highest BCUT2D eigenvalue weighted by Crippen LogP contribution is 2.33. The van der Waals surface area contributed by atoms with Gasteiger partial charge in [-0.1, -0.05) is 30.3 Å². The van der Waals surface area contributed by atoms with Crippen molar-refractivity contribution < 1.29 is 17.6 Å². The van der Waals surface area contributed by atoms with E-state index in [0.29, 0.717) is 24.7 Å². The van der Waals surface area contributed by atoms with Crippen molar-refractivity contribution in [2.45, 2.75) is 31.5 Å². The SMILES string of the molecule is N#CN1CCCC1c1nnc(-c2ccccc2Cc2ccc(C(F)(F)F)cc2)o1. The molecule has 2 aromatic carbocycles. The highest BCUT2D eigenvalue weighted by Gasteiger charge is 2.31. The molecule has 1 saturated heterocycles. The fourth-order valence-corrected chi connectivity index (χ4v) is 3.54. The van der Waals surface area contributed by atoms with Gasteiger partial charge in [-0.15, -0.1) is 10.2 Å². The lowest BCUT2D eigenvalue weighted by Crippen LogP contribution is -2.17. The van der Waals surface area contributed by atoms with Gasteiger partial charge in [0.15, 0.2) is 6.19 Å². The number of alkyl halides is 3. The largest absolute Gasteiger partial charge is 0.418 e. The van der Waals surface area contributed by atoms with Crippen molar-refractivity contribution in [2.24, 2.45) is 0 Å². The molecule has 1 aliphatic heterocycles. The van der Waals surface area contributed by atoms with Gasteiger partial charge in [-0.25, -0.2) is 0 Å². The monoisotopic (exact) mass is 398 g/mol. The van der Waals surface area contributed by atoms with Crippen LogP contribution in [-0.2, 0) is 12.6 Å². The van der Waals surface area contributed by atoms with E-state index in [1.807, 2.05) is 24.3 Å². The number of nitriles is 1. The molecule has 29 heavy (non-hydrogen) atoms. The maximum atomic E-state index is 12.8. The summed E-state index contributed by atoms with van der Waals surface area (Å²) in [5, 5.41) is 17.5. The second kappa shape index (κ2) is 7.59. The second-order valence-electron chi connectivity index (χ2n) is 6.93. The summed E-state index contributed by atoms with van der Waals surface area (Å²) in [6.45, 7) is 0.670. The highest BCUT2D eigenvalue weighted by atomic mass is 19.4. The Bertz CT molecular complexity index is 1040. The topological polar surface area (TPSA) is 66.0 Å². The number of rotatable bonds is 4. The Balaban J connectivity index is 1.59. The van der Waals surface area contributed by atoms with Crippen molar-refractivity contribution in [3.8, 4) is 17.6 Å². The molecule has 0 spiro atoms. The molecule has 5 nitrogen and oxygen atoms in total. The van der Waals surface area contributed by atoms with Crippen LogP contribution in [0.1, 0.15) is 41.5 Å². The quantitative estimate of drug-likeness (QED) is 0.581. The van der Waals surface area contributed by atoms with E-state index in [-0.39, 0.29) is 6.04 Å². The van der Waals surface area contributed by atoms with Gasteiger partial charge < -0.3 is 4.42 Å². The van der Waals surface area contributed by atoms with E-state index in [0.717, 1.165) is 41.7 Å². The lowest BCUT2D eigenvalue weighted by Gasteiger charge is -2.13. The first kappa shape index (κ1) is 19.0. The third-order valence-corrected chi connectivity index (χ3v) is 5.03. The molecule has 1 aliphatic rings. The molecule has 2 heterocycles. The summed E-state index contributed by atoms with van der Waals surface area (Å²) in [7, 11) is 0. The molecule has 0 aliphatic carbocycles. The van der Waals surface area contributed by atoms with Crippen LogP contribution in [-0.4, -0.2) is 21.6 Å². The van der Waals surface area contributed by atoms with Crippen molar-refractivity contribution >= 4 is 0 Å². The summed E-state index contributed by atoms with van der Waals surface area (Å²) < 4.78 is 44.2. The average Bonchev–Trinajstić information content (AvgIpc) is 3.37. The number of hydrogen-bond donors (Lipinski definition) is 0. The van der Waals surface area contributed by atoms with E-state index >= 15 is 0 Å². The van der Waals surface area contributed by atoms with Gasteiger partial charge >= 0.3 is 6.18 Å². The molecule has 0 bridgehead atoms. The lowest BCUT2D eigenvalue weighted by atomic mass is 9.99. The van der Waals surface area contributed by atoms with Crippen LogP contribution in [0.25, 0.3) is 11.5 Å². The predicted molar refractivity (Wildman–Crippen MR) is 98.3 cm³/mol. The zero-order valence-corrected chi connectivity index (χ0v) is 15.4. The molecule has 1 atom stereocenters. The smallest absolute Gasteiger partial charge is 0.416 e. The highest BCUT2D eigenvalue weighted by molar-refractivity contribution is 5.59. The fraction of sp³-hybridized carbons (Fsp3) is 0.286. The molecular formula is C21H17F3N4O. The Morgan fingerprint density at radius 3 is 2.59 bits per heavy atom. The van der Waals surface area contributed by atoms with Crippen LogP contribution in [0.2, 0.25) is 0 Å². The van der Waals surface area contributed by atoms with Gasteiger partial charge in [0.25, 0.3) is 0 Å². The first-order chi connectivity index (χ1) is 14.0. The number of halogens is 3. The molecule has 1 aromatic heterocycles. The standard InChI is InChI=1S/C21H17F3N4O/c22-21(23,24)16-9-7-14(8-10-16)12-15-4-1-2-5-17(15)19-26-27-20(29-19)18-6-3-11-28(18)13-25/h1-2,4-5,7-10,18H,3,6,11-12H2. The first-order valence-electron chi connectivity index (χ1n) is 9.20. The molecule has 1 unspecified atom stereocenters.